The molecule has 1 aromatic carbocycles. The Kier molecular flexibility index (Phi) is 5.15. The Bertz CT molecular complexity index is 518. The van der Waals surface area contributed by atoms with E-state index in [-0.39, 0.29) is 6.04 Å². The van der Waals surface area contributed by atoms with Crippen molar-refractivity contribution in [2.45, 2.75) is 17.9 Å². The second kappa shape index (κ2) is 6.67. The number of likely N-dealkylation sites (N-methyl/N-ethyl adjacent to an activating group) is 2. The first kappa shape index (κ1) is 15.4. The molecular formula is C14H23N3O2S. The Labute approximate surface area is 121 Å². The van der Waals surface area contributed by atoms with Gasteiger partial charge in [0, 0.05) is 32.2 Å². The molecule has 2 rings (SSSR count). The molecule has 1 fully saturated rings. The number of hydrogen-bond acceptors (Lipinski definition) is 4. The van der Waals surface area contributed by atoms with Gasteiger partial charge in [-0.15, -0.1) is 0 Å². The van der Waals surface area contributed by atoms with Gasteiger partial charge in [0.15, 0.2) is 0 Å². The van der Waals surface area contributed by atoms with Crippen LogP contribution in [0.25, 0.3) is 0 Å². The van der Waals surface area contributed by atoms with Crippen molar-refractivity contribution in [2.24, 2.45) is 0 Å². The average molecular weight is 297 g/mol. The third kappa shape index (κ3) is 4.02. The molecule has 1 aromatic rings. The minimum Gasteiger partial charge on any atom is -0.303 e. The van der Waals surface area contributed by atoms with Crippen LogP contribution in [0, 0.1) is 0 Å². The van der Waals surface area contributed by atoms with E-state index in [1.165, 1.54) is 0 Å². The van der Waals surface area contributed by atoms with Crippen LogP contribution < -0.4 is 4.72 Å². The molecule has 1 aliphatic rings. The van der Waals surface area contributed by atoms with Crippen molar-refractivity contribution in [3.05, 3.63) is 30.3 Å². The van der Waals surface area contributed by atoms with E-state index < -0.39 is 10.0 Å². The second-order valence-corrected chi connectivity index (χ2v) is 7.00. The minimum absolute atomic E-state index is 0.0762. The lowest BCUT2D eigenvalue weighted by molar-refractivity contribution is 0.284. The first-order valence-electron chi connectivity index (χ1n) is 6.99. The number of sulfonamides is 1. The topological polar surface area (TPSA) is 52.6 Å². The molecule has 6 heteroatoms. The van der Waals surface area contributed by atoms with Gasteiger partial charge in [0.1, 0.15) is 0 Å². The Morgan fingerprint density at radius 1 is 1.20 bits per heavy atom. The number of nitrogens with zero attached hydrogens (tertiary/aromatic N) is 2. The van der Waals surface area contributed by atoms with Crippen LogP contribution in [-0.4, -0.2) is 64.0 Å². The van der Waals surface area contributed by atoms with E-state index in [9.17, 15) is 8.42 Å². The molecule has 0 amide bonds. The molecule has 1 N–H and O–H groups in total. The maximum Gasteiger partial charge on any atom is 0.240 e. The van der Waals surface area contributed by atoms with Crippen LogP contribution in [0.5, 0.6) is 0 Å². The molecule has 0 spiro atoms. The van der Waals surface area contributed by atoms with E-state index >= 15 is 0 Å². The third-order valence-electron chi connectivity index (χ3n) is 3.63. The van der Waals surface area contributed by atoms with Crippen molar-refractivity contribution < 1.29 is 8.42 Å². The summed E-state index contributed by atoms with van der Waals surface area (Å²) >= 11 is 0. The van der Waals surface area contributed by atoms with Gasteiger partial charge in [0.2, 0.25) is 10.0 Å². The van der Waals surface area contributed by atoms with Crippen molar-refractivity contribution in [3.63, 3.8) is 0 Å². The van der Waals surface area contributed by atoms with Crippen LogP contribution in [0.4, 0.5) is 0 Å². The van der Waals surface area contributed by atoms with Crippen LogP contribution in [0.2, 0.25) is 0 Å². The van der Waals surface area contributed by atoms with Gasteiger partial charge in [-0.05, 0) is 25.7 Å². The quantitative estimate of drug-likeness (QED) is 0.884. The number of rotatable bonds is 4. The van der Waals surface area contributed by atoms with Crippen LogP contribution in [0.1, 0.15) is 6.92 Å². The van der Waals surface area contributed by atoms with Gasteiger partial charge >= 0.3 is 0 Å². The summed E-state index contributed by atoms with van der Waals surface area (Å²) in [4.78, 5) is 4.78. The lowest BCUT2D eigenvalue weighted by Gasteiger charge is -2.23. The predicted molar refractivity (Wildman–Crippen MR) is 80.2 cm³/mol. The summed E-state index contributed by atoms with van der Waals surface area (Å²) in [5.74, 6) is 0. The standard InChI is InChI=1S/C14H23N3O2S/c1-3-17-10-9-16(2)11-13(12-17)15-20(18,19)14-7-5-4-6-8-14/h4-8,13,15H,3,9-12H2,1-2H3/t13-/m0/s1. The fourth-order valence-electron chi connectivity index (χ4n) is 2.49. The first-order valence-corrected chi connectivity index (χ1v) is 8.48. The highest BCUT2D eigenvalue weighted by Gasteiger charge is 2.25. The predicted octanol–water partition coefficient (Wildman–Crippen LogP) is 0.601. The first-order chi connectivity index (χ1) is 9.51. The van der Waals surface area contributed by atoms with Crippen molar-refractivity contribution in [1.82, 2.24) is 14.5 Å². The third-order valence-corrected chi connectivity index (χ3v) is 5.17. The molecule has 1 heterocycles. The maximum atomic E-state index is 12.4. The molecule has 1 saturated heterocycles. The monoisotopic (exact) mass is 297 g/mol. The highest BCUT2D eigenvalue weighted by atomic mass is 32.2. The van der Waals surface area contributed by atoms with Crippen LogP contribution in [-0.2, 0) is 10.0 Å². The molecule has 0 bridgehead atoms. The highest BCUT2D eigenvalue weighted by Crippen LogP contribution is 2.10. The van der Waals surface area contributed by atoms with Gasteiger partial charge in [-0.25, -0.2) is 13.1 Å². The van der Waals surface area contributed by atoms with Gasteiger partial charge < -0.3 is 9.80 Å². The fourth-order valence-corrected chi connectivity index (χ4v) is 3.73. The molecule has 0 radical (unpaired) electrons. The molecule has 0 saturated carbocycles. The normalized spacial score (nSPS) is 22.6. The maximum absolute atomic E-state index is 12.4. The Morgan fingerprint density at radius 2 is 1.90 bits per heavy atom. The summed E-state index contributed by atoms with van der Waals surface area (Å²) in [5, 5.41) is 0. The number of benzene rings is 1. The zero-order valence-electron chi connectivity index (χ0n) is 12.1. The van der Waals surface area contributed by atoms with E-state index in [1.807, 2.05) is 13.1 Å². The number of nitrogens with one attached hydrogen (secondary N) is 1. The van der Waals surface area contributed by atoms with Crippen molar-refractivity contribution in [1.29, 1.82) is 0 Å². The summed E-state index contributed by atoms with van der Waals surface area (Å²) < 4.78 is 27.6. The molecule has 1 aliphatic heterocycles. The van der Waals surface area contributed by atoms with Crippen molar-refractivity contribution >= 4 is 10.0 Å². The van der Waals surface area contributed by atoms with Gasteiger partial charge in [-0.1, -0.05) is 25.1 Å². The smallest absolute Gasteiger partial charge is 0.240 e. The van der Waals surface area contributed by atoms with Crippen molar-refractivity contribution in [2.75, 3.05) is 39.8 Å². The average Bonchev–Trinajstić information content (AvgIpc) is 2.60. The van der Waals surface area contributed by atoms with E-state index in [0.29, 0.717) is 4.90 Å². The molecule has 112 valence electrons. The van der Waals surface area contributed by atoms with Crippen LogP contribution >= 0.6 is 0 Å². The molecular weight excluding hydrogens is 274 g/mol. The molecule has 5 nitrogen and oxygen atoms in total. The summed E-state index contributed by atoms with van der Waals surface area (Å²) in [7, 11) is -1.40. The fraction of sp³-hybridized carbons (Fsp3) is 0.571. The van der Waals surface area contributed by atoms with E-state index in [2.05, 4.69) is 21.4 Å². The molecule has 0 unspecified atom stereocenters. The lowest BCUT2D eigenvalue weighted by atomic mass is 10.3. The van der Waals surface area contributed by atoms with Crippen LogP contribution in [0.3, 0.4) is 0 Å². The SMILES string of the molecule is CCN1CCN(C)C[C@H](NS(=O)(=O)c2ccccc2)C1. The molecule has 0 aliphatic carbocycles. The Balaban J connectivity index is 2.11. The second-order valence-electron chi connectivity index (χ2n) is 5.29. The van der Waals surface area contributed by atoms with E-state index in [0.717, 1.165) is 32.7 Å². The summed E-state index contributed by atoms with van der Waals surface area (Å²) in [5.41, 5.74) is 0. The lowest BCUT2D eigenvalue weighted by Crippen LogP contribution is -2.46. The Hall–Kier alpha value is -0.950. The molecule has 20 heavy (non-hydrogen) atoms. The summed E-state index contributed by atoms with van der Waals surface area (Å²) in [6, 6.07) is 8.48. The molecule has 0 aromatic heterocycles. The Morgan fingerprint density at radius 3 is 2.55 bits per heavy atom. The summed E-state index contributed by atoms with van der Waals surface area (Å²) in [6.45, 7) is 6.49. The van der Waals surface area contributed by atoms with Gasteiger partial charge in [0.25, 0.3) is 0 Å². The van der Waals surface area contributed by atoms with Gasteiger partial charge in [0.05, 0.1) is 4.90 Å². The minimum atomic E-state index is -3.43. The van der Waals surface area contributed by atoms with Gasteiger partial charge in [-0.2, -0.15) is 0 Å². The zero-order valence-corrected chi connectivity index (χ0v) is 12.9. The largest absolute Gasteiger partial charge is 0.303 e. The highest BCUT2D eigenvalue weighted by molar-refractivity contribution is 7.89. The van der Waals surface area contributed by atoms with Crippen LogP contribution in [0.15, 0.2) is 35.2 Å². The zero-order chi connectivity index (χ0) is 14.6. The number of hydrogen-bond donors (Lipinski definition) is 1. The molecule has 1 atom stereocenters. The van der Waals surface area contributed by atoms with E-state index in [1.54, 1.807) is 24.3 Å². The van der Waals surface area contributed by atoms with Gasteiger partial charge in [-0.3, -0.25) is 0 Å². The van der Waals surface area contributed by atoms with E-state index in [4.69, 9.17) is 0 Å². The summed E-state index contributed by atoms with van der Waals surface area (Å²) in [6.07, 6.45) is 0. The van der Waals surface area contributed by atoms with Crippen molar-refractivity contribution in [3.8, 4) is 0 Å².